The maximum absolute atomic E-state index is 6.26. The van der Waals surface area contributed by atoms with Gasteiger partial charge in [0.05, 0.1) is 10.7 Å². The highest BCUT2D eigenvalue weighted by molar-refractivity contribution is 7.15. The molecule has 0 unspecified atom stereocenters. The molecule has 20 heavy (non-hydrogen) atoms. The normalized spacial score (nSPS) is 16.5. The quantitative estimate of drug-likeness (QED) is 0.944. The van der Waals surface area contributed by atoms with Gasteiger partial charge in [0.2, 0.25) is 0 Å². The minimum atomic E-state index is 0.773. The lowest BCUT2D eigenvalue weighted by molar-refractivity contribution is 0.234. The van der Waals surface area contributed by atoms with Crippen molar-refractivity contribution in [3.8, 4) is 10.6 Å². The van der Waals surface area contributed by atoms with E-state index in [1.165, 1.54) is 4.88 Å². The fraction of sp³-hybridized carbons (Fsp3) is 0.400. The van der Waals surface area contributed by atoms with Gasteiger partial charge >= 0.3 is 0 Å². The molecule has 1 aliphatic rings. The van der Waals surface area contributed by atoms with Crippen molar-refractivity contribution in [3.63, 3.8) is 0 Å². The summed E-state index contributed by atoms with van der Waals surface area (Å²) in [5, 5.41) is 5.18. The summed E-state index contributed by atoms with van der Waals surface area (Å²) in [6, 6.07) is 7.92. The van der Waals surface area contributed by atoms with Crippen LogP contribution in [-0.2, 0) is 6.54 Å². The number of benzene rings is 1. The molecule has 0 spiro atoms. The molecule has 0 radical (unpaired) electrons. The third kappa shape index (κ3) is 3.04. The van der Waals surface area contributed by atoms with E-state index >= 15 is 0 Å². The monoisotopic (exact) mass is 307 g/mol. The standard InChI is InChI=1S/C15H18ClN3S/c1-11-14(10-19-8-6-17-7-9-19)20-15(18-11)12-4-2-3-5-13(12)16/h2-5,17H,6-10H2,1H3. The third-order valence-electron chi connectivity index (χ3n) is 3.57. The van der Waals surface area contributed by atoms with Crippen LogP contribution in [0.1, 0.15) is 10.6 Å². The summed E-state index contributed by atoms with van der Waals surface area (Å²) < 4.78 is 0. The molecule has 1 saturated heterocycles. The van der Waals surface area contributed by atoms with Gasteiger partial charge in [0.1, 0.15) is 5.01 Å². The van der Waals surface area contributed by atoms with Crippen molar-refractivity contribution in [3.05, 3.63) is 39.9 Å². The topological polar surface area (TPSA) is 28.2 Å². The second-order valence-electron chi connectivity index (χ2n) is 5.03. The summed E-state index contributed by atoms with van der Waals surface area (Å²) in [6.45, 7) is 7.46. The Hall–Kier alpha value is -0.940. The zero-order valence-electron chi connectivity index (χ0n) is 11.5. The number of halogens is 1. The summed E-state index contributed by atoms with van der Waals surface area (Å²) >= 11 is 8.02. The van der Waals surface area contributed by atoms with Crippen LogP contribution in [-0.4, -0.2) is 36.1 Å². The van der Waals surface area contributed by atoms with Gasteiger partial charge in [-0.15, -0.1) is 11.3 Å². The molecule has 3 rings (SSSR count). The van der Waals surface area contributed by atoms with Crippen molar-refractivity contribution in [1.29, 1.82) is 0 Å². The average molecular weight is 308 g/mol. The molecule has 2 aromatic rings. The first-order chi connectivity index (χ1) is 9.74. The van der Waals surface area contributed by atoms with Crippen LogP contribution < -0.4 is 5.32 Å². The van der Waals surface area contributed by atoms with E-state index in [2.05, 4.69) is 17.1 Å². The largest absolute Gasteiger partial charge is 0.314 e. The molecular formula is C15H18ClN3S. The Bertz CT molecular complexity index is 591. The molecular weight excluding hydrogens is 290 g/mol. The molecule has 1 N–H and O–H groups in total. The number of piperazine rings is 1. The predicted molar refractivity (Wildman–Crippen MR) is 85.4 cm³/mol. The Kier molecular flexibility index (Phi) is 4.36. The minimum Gasteiger partial charge on any atom is -0.314 e. The first kappa shape index (κ1) is 14.0. The van der Waals surface area contributed by atoms with E-state index in [-0.39, 0.29) is 0 Å². The van der Waals surface area contributed by atoms with Crippen molar-refractivity contribution in [2.45, 2.75) is 13.5 Å². The molecule has 2 heterocycles. The molecule has 1 aliphatic heterocycles. The van der Waals surface area contributed by atoms with Gasteiger partial charge < -0.3 is 5.32 Å². The maximum atomic E-state index is 6.26. The second kappa shape index (κ2) is 6.22. The van der Waals surface area contributed by atoms with E-state index in [0.717, 1.165) is 54.0 Å². The average Bonchev–Trinajstić information content (AvgIpc) is 2.81. The van der Waals surface area contributed by atoms with Crippen LogP contribution in [0.15, 0.2) is 24.3 Å². The fourth-order valence-electron chi connectivity index (χ4n) is 2.40. The number of aryl methyl sites for hydroxylation is 1. The van der Waals surface area contributed by atoms with Crippen LogP contribution in [0, 0.1) is 6.92 Å². The summed E-state index contributed by atoms with van der Waals surface area (Å²) in [5.41, 5.74) is 2.16. The van der Waals surface area contributed by atoms with Crippen LogP contribution in [0.5, 0.6) is 0 Å². The molecule has 1 fully saturated rings. The van der Waals surface area contributed by atoms with Crippen molar-refractivity contribution in [2.75, 3.05) is 26.2 Å². The number of nitrogens with zero attached hydrogens (tertiary/aromatic N) is 2. The molecule has 0 amide bonds. The van der Waals surface area contributed by atoms with Crippen LogP contribution in [0.3, 0.4) is 0 Å². The van der Waals surface area contributed by atoms with E-state index in [1.807, 2.05) is 24.3 Å². The van der Waals surface area contributed by atoms with E-state index in [1.54, 1.807) is 11.3 Å². The fourth-order valence-corrected chi connectivity index (χ4v) is 3.82. The predicted octanol–water partition coefficient (Wildman–Crippen LogP) is 3.18. The lowest BCUT2D eigenvalue weighted by Crippen LogP contribution is -2.42. The number of thiazole rings is 1. The Morgan fingerprint density at radius 3 is 2.80 bits per heavy atom. The zero-order chi connectivity index (χ0) is 13.9. The van der Waals surface area contributed by atoms with Gasteiger partial charge in [0.15, 0.2) is 0 Å². The smallest absolute Gasteiger partial charge is 0.125 e. The number of nitrogens with one attached hydrogen (secondary N) is 1. The summed E-state index contributed by atoms with van der Waals surface area (Å²) in [4.78, 5) is 8.53. The molecule has 1 aromatic carbocycles. The Balaban J connectivity index is 1.82. The number of rotatable bonds is 3. The molecule has 106 valence electrons. The van der Waals surface area contributed by atoms with Gasteiger partial charge in [-0.05, 0) is 13.0 Å². The van der Waals surface area contributed by atoms with Gasteiger partial charge in [-0.3, -0.25) is 4.90 Å². The Morgan fingerprint density at radius 1 is 1.30 bits per heavy atom. The van der Waals surface area contributed by atoms with E-state index in [9.17, 15) is 0 Å². The minimum absolute atomic E-state index is 0.773. The zero-order valence-corrected chi connectivity index (χ0v) is 13.1. The number of hydrogen-bond acceptors (Lipinski definition) is 4. The third-order valence-corrected chi connectivity index (χ3v) is 5.08. The van der Waals surface area contributed by atoms with Gasteiger partial charge in [-0.2, -0.15) is 0 Å². The highest BCUT2D eigenvalue weighted by Gasteiger charge is 2.16. The number of hydrogen-bond donors (Lipinski definition) is 1. The molecule has 0 bridgehead atoms. The molecule has 0 atom stereocenters. The molecule has 3 nitrogen and oxygen atoms in total. The van der Waals surface area contributed by atoms with Gasteiger partial charge in [-0.1, -0.05) is 29.8 Å². The van der Waals surface area contributed by atoms with Crippen molar-refractivity contribution in [1.82, 2.24) is 15.2 Å². The summed E-state index contributed by atoms with van der Waals surface area (Å²) in [5.74, 6) is 0. The van der Waals surface area contributed by atoms with Crippen molar-refractivity contribution in [2.24, 2.45) is 0 Å². The van der Waals surface area contributed by atoms with Crippen LogP contribution in [0.4, 0.5) is 0 Å². The lowest BCUT2D eigenvalue weighted by atomic mass is 10.2. The second-order valence-corrected chi connectivity index (χ2v) is 6.52. The molecule has 1 aromatic heterocycles. The Morgan fingerprint density at radius 2 is 2.05 bits per heavy atom. The molecule has 0 saturated carbocycles. The molecule has 0 aliphatic carbocycles. The first-order valence-corrected chi connectivity index (χ1v) is 8.08. The lowest BCUT2D eigenvalue weighted by Gasteiger charge is -2.26. The van der Waals surface area contributed by atoms with Crippen LogP contribution in [0.25, 0.3) is 10.6 Å². The maximum Gasteiger partial charge on any atom is 0.125 e. The van der Waals surface area contributed by atoms with E-state index in [0.29, 0.717) is 0 Å². The van der Waals surface area contributed by atoms with Gasteiger partial charge in [0.25, 0.3) is 0 Å². The van der Waals surface area contributed by atoms with Crippen molar-refractivity contribution >= 4 is 22.9 Å². The summed E-state index contributed by atoms with van der Waals surface area (Å²) in [6.07, 6.45) is 0. The first-order valence-electron chi connectivity index (χ1n) is 6.88. The van der Waals surface area contributed by atoms with Gasteiger partial charge in [0, 0.05) is 43.2 Å². The number of aromatic nitrogens is 1. The summed E-state index contributed by atoms with van der Waals surface area (Å²) in [7, 11) is 0. The van der Waals surface area contributed by atoms with Crippen LogP contribution in [0.2, 0.25) is 5.02 Å². The van der Waals surface area contributed by atoms with Gasteiger partial charge in [-0.25, -0.2) is 4.98 Å². The van der Waals surface area contributed by atoms with Crippen LogP contribution >= 0.6 is 22.9 Å². The highest BCUT2D eigenvalue weighted by atomic mass is 35.5. The molecule has 5 heteroatoms. The SMILES string of the molecule is Cc1nc(-c2ccccc2Cl)sc1CN1CCNCC1. The highest BCUT2D eigenvalue weighted by Crippen LogP contribution is 2.33. The van der Waals surface area contributed by atoms with E-state index in [4.69, 9.17) is 16.6 Å². The van der Waals surface area contributed by atoms with Crippen molar-refractivity contribution < 1.29 is 0 Å². The Labute approximate surface area is 128 Å². The van der Waals surface area contributed by atoms with E-state index < -0.39 is 0 Å².